The fourth-order valence-electron chi connectivity index (χ4n) is 4.74. The van der Waals surface area contributed by atoms with Crippen molar-refractivity contribution in [1.29, 1.82) is 0 Å². The van der Waals surface area contributed by atoms with Gasteiger partial charge in [0.25, 0.3) is 0 Å². The van der Waals surface area contributed by atoms with Crippen LogP contribution < -0.4 is 0 Å². The van der Waals surface area contributed by atoms with Gasteiger partial charge in [-0.1, -0.05) is 30.3 Å². The van der Waals surface area contributed by atoms with Gasteiger partial charge in [0.2, 0.25) is 5.91 Å². The van der Waals surface area contributed by atoms with Crippen molar-refractivity contribution >= 4 is 29.9 Å². The Morgan fingerprint density at radius 3 is 2.16 bits per heavy atom. The van der Waals surface area contributed by atoms with Gasteiger partial charge < -0.3 is 23.8 Å². The number of benzene rings is 1. The summed E-state index contributed by atoms with van der Waals surface area (Å²) in [7, 11) is 2.31. The summed E-state index contributed by atoms with van der Waals surface area (Å²) in [6.45, 7) is 5.24. The second kappa shape index (κ2) is 11.6. The summed E-state index contributed by atoms with van der Waals surface area (Å²) in [5.41, 5.74) is -0.134. The lowest BCUT2D eigenvalue weighted by Crippen LogP contribution is -2.57. The van der Waals surface area contributed by atoms with Gasteiger partial charge in [-0.15, -0.1) is 0 Å². The maximum Gasteiger partial charge on any atom is 0.410 e. The SMILES string of the molecule is COC(=O)[C@H]1C[C@@H](C(=O)OC)[C@H](C(=O)OC(C)(C)C)N1C(=O)[C@@H]1CCCN1C(=O)OCc1ccccc1. The molecule has 0 radical (unpaired) electrons. The Hall–Kier alpha value is -3.63. The van der Waals surface area contributed by atoms with Crippen molar-refractivity contribution in [3.05, 3.63) is 35.9 Å². The van der Waals surface area contributed by atoms with Gasteiger partial charge in [0, 0.05) is 6.54 Å². The molecule has 4 atom stereocenters. The van der Waals surface area contributed by atoms with Gasteiger partial charge in [-0.05, 0) is 45.6 Å². The number of carbonyl (C=O) groups excluding carboxylic acids is 5. The van der Waals surface area contributed by atoms with Crippen molar-refractivity contribution in [3.8, 4) is 0 Å². The van der Waals surface area contributed by atoms with Gasteiger partial charge in [0.1, 0.15) is 30.3 Å². The van der Waals surface area contributed by atoms with E-state index in [-0.39, 0.29) is 19.6 Å². The van der Waals surface area contributed by atoms with E-state index in [1.54, 1.807) is 20.8 Å². The molecule has 2 fully saturated rings. The maximum absolute atomic E-state index is 13.9. The van der Waals surface area contributed by atoms with E-state index in [9.17, 15) is 24.0 Å². The normalized spacial score (nSPS) is 23.4. The number of hydrogen-bond donors (Lipinski definition) is 0. The molecule has 1 aromatic rings. The molecule has 0 aliphatic carbocycles. The zero-order chi connectivity index (χ0) is 27.3. The standard InChI is InChI=1S/C26H34N2O9/c1-26(2,3)37-24(32)20-17(22(30)34-4)14-19(23(31)35-5)28(20)21(29)18-12-9-13-27(18)25(33)36-15-16-10-7-6-8-11-16/h6-8,10-11,17-20H,9,12-15H2,1-5H3/t17-,18+,19-,20-/m1/s1. The molecule has 2 saturated heterocycles. The average Bonchev–Trinajstić information content (AvgIpc) is 3.51. The molecular formula is C26H34N2O9. The largest absolute Gasteiger partial charge is 0.469 e. The molecule has 0 N–H and O–H groups in total. The minimum atomic E-state index is -1.42. The van der Waals surface area contributed by atoms with Crippen molar-refractivity contribution in [2.75, 3.05) is 20.8 Å². The highest BCUT2D eigenvalue weighted by Gasteiger charge is 2.57. The summed E-state index contributed by atoms with van der Waals surface area (Å²) >= 11 is 0. The van der Waals surface area contributed by atoms with E-state index in [0.29, 0.717) is 12.8 Å². The minimum absolute atomic E-state index is 0.0243. The summed E-state index contributed by atoms with van der Waals surface area (Å²) in [6.07, 6.45) is -0.0503. The van der Waals surface area contributed by atoms with Gasteiger partial charge in [0.05, 0.1) is 20.1 Å². The molecule has 0 bridgehead atoms. The average molecular weight is 519 g/mol. The zero-order valence-electron chi connectivity index (χ0n) is 21.8. The lowest BCUT2D eigenvalue weighted by Gasteiger charge is -2.34. The van der Waals surface area contributed by atoms with Crippen molar-refractivity contribution in [1.82, 2.24) is 9.80 Å². The summed E-state index contributed by atoms with van der Waals surface area (Å²) in [5, 5.41) is 0. The molecule has 3 rings (SSSR count). The molecule has 202 valence electrons. The number of hydrogen-bond acceptors (Lipinski definition) is 9. The van der Waals surface area contributed by atoms with Crippen LogP contribution in [-0.2, 0) is 44.7 Å². The van der Waals surface area contributed by atoms with E-state index in [4.69, 9.17) is 18.9 Å². The molecule has 11 heteroatoms. The molecule has 11 nitrogen and oxygen atoms in total. The van der Waals surface area contributed by atoms with Crippen LogP contribution in [0.15, 0.2) is 30.3 Å². The molecule has 0 unspecified atom stereocenters. The first-order chi connectivity index (χ1) is 17.5. The van der Waals surface area contributed by atoms with E-state index in [1.165, 1.54) is 4.90 Å². The third-order valence-corrected chi connectivity index (χ3v) is 6.35. The lowest BCUT2D eigenvalue weighted by molar-refractivity contribution is -0.171. The summed E-state index contributed by atoms with van der Waals surface area (Å²) in [5.74, 6) is -4.20. The number of rotatable bonds is 6. The predicted molar refractivity (Wildman–Crippen MR) is 129 cm³/mol. The Bertz CT molecular complexity index is 1020. The Labute approximate surface area is 216 Å². The topological polar surface area (TPSA) is 129 Å². The summed E-state index contributed by atoms with van der Waals surface area (Å²) in [6, 6.07) is 5.45. The van der Waals surface area contributed by atoms with Crippen LogP contribution >= 0.6 is 0 Å². The highest BCUT2D eigenvalue weighted by Crippen LogP contribution is 2.36. The highest BCUT2D eigenvalue weighted by molar-refractivity contribution is 5.97. The van der Waals surface area contributed by atoms with Crippen LogP contribution in [0.4, 0.5) is 4.79 Å². The van der Waals surface area contributed by atoms with Crippen LogP contribution in [0.5, 0.6) is 0 Å². The number of ether oxygens (including phenoxy) is 4. The number of esters is 3. The van der Waals surface area contributed by atoms with Crippen molar-refractivity contribution in [2.24, 2.45) is 5.92 Å². The molecule has 0 aromatic heterocycles. The Morgan fingerprint density at radius 1 is 0.919 bits per heavy atom. The van der Waals surface area contributed by atoms with Crippen molar-refractivity contribution < 1.29 is 42.9 Å². The van der Waals surface area contributed by atoms with Gasteiger partial charge in [0.15, 0.2) is 0 Å². The first-order valence-corrected chi connectivity index (χ1v) is 12.2. The molecule has 2 heterocycles. The Kier molecular flexibility index (Phi) is 8.77. The third-order valence-electron chi connectivity index (χ3n) is 6.35. The number of nitrogens with zero attached hydrogens (tertiary/aromatic N) is 2. The number of methoxy groups -OCH3 is 2. The summed E-state index contributed by atoms with van der Waals surface area (Å²) < 4.78 is 20.7. The molecule has 2 amide bonds. The lowest BCUT2D eigenvalue weighted by atomic mass is 9.98. The zero-order valence-corrected chi connectivity index (χ0v) is 21.8. The van der Waals surface area contributed by atoms with Crippen LogP contribution in [0.2, 0.25) is 0 Å². The Balaban J connectivity index is 1.90. The van der Waals surface area contributed by atoms with Crippen molar-refractivity contribution in [3.63, 3.8) is 0 Å². The van der Waals surface area contributed by atoms with Gasteiger partial charge >= 0.3 is 24.0 Å². The maximum atomic E-state index is 13.9. The number of amides is 2. The smallest absolute Gasteiger partial charge is 0.410 e. The van der Waals surface area contributed by atoms with Crippen LogP contribution in [0.25, 0.3) is 0 Å². The van der Waals surface area contributed by atoms with Gasteiger partial charge in [-0.3, -0.25) is 14.5 Å². The molecule has 1 aromatic carbocycles. The van der Waals surface area contributed by atoms with E-state index in [2.05, 4.69) is 0 Å². The fraction of sp³-hybridized carbons (Fsp3) is 0.577. The number of carbonyl (C=O) groups is 5. The van der Waals surface area contributed by atoms with Crippen LogP contribution in [0.3, 0.4) is 0 Å². The van der Waals surface area contributed by atoms with Crippen LogP contribution in [0, 0.1) is 5.92 Å². The Morgan fingerprint density at radius 2 is 1.57 bits per heavy atom. The van der Waals surface area contributed by atoms with E-state index in [0.717, 1.165) is 24.7 Å². The third kappa shape index (κ3) is 6.39. The fourth-order valence-corrected chi connectivity index (χ4v) is 4.74. The molecule has 37 heavy (non-hydrogen) atoms. The first kappa shape index (κ1) is 27.9. The van der Waals surface area contributed by atoms with Crippen LogP contribution in [-0.4, -0.2) is 84.2 Å². The monoisotopic (exact) mass is 518 g/mol. The number of likely N-dealkylation sites (tertiary alicyclic amines) is 2. The molecule has 0 saturated carbocycles. The molecule has 2 aliphatic rings. The van der Waals surface area contributed by atoms with Crippen LogP contribution in [0.1, 0.15) is 45.6 Å². The predicted octanol–water partition coefficient (Wildman–Crippen LogP) is 2.06. The van der Waals surface area contributed by atoms with Crippen molar-refractivity contribution in [2.45, 2.75) is 70.4 Å². The quantitative estimate of drug-likeness (QED) is 0.410. The first-order valence-electron chi connectivity index (χ1n) is 12.2. The molecule has 2 aliphatic heterocycles. The molecular weight excluding hydrogens is 484 g/mol. The molecule has 0 spiro atoms. The van der Waals surface area contributed by atoms with Gasteiger partial charge in [-0.2, -0.15) is 0 Å². The summed E-state index contributed by atoms with van der Waals surface area (Å²) in [4.78, 5) is 67.8. The van der Waals surface area contributed by atoms with Gasteiger partial charge in [-0.25, -0.2) is 14.4 Å². The van der Waals surface area contributed by atoms with E-state index >= 15 is 0 Å². The van der Waals surface area contributed by atoms with E-state index < -0.39 is 59.6 Å². The van der Waals surface area contributed by atoms with E-state index in [1.807, 2.05) is 30.3 Å². The minimum Gasteiger partial charge on any atom is -0.469 e. The second-order valence-corrected chi connectivity index (χ2v) is 10.0. The highest BCUT2D eigenvalue weighted by atomic mass is 16.6. The second-order valence-electron chi connectivity index (χ2n) is 10.0.